The summed E-state index contributed by atoms with van der Waals surface area (Å²) in [5, 5.41) is 0. The molecule has 0 radical (unpaired) electrons. The largest absolute Gasteiger partial charge is 0.466 e. The molecule has 1 atom stereocenters. The van der Waals surface area contributed by atoms with Gasteiger partial charge in [0, 0.05) is 19.0 Å². The van der Waals surface area contributed by atoms with Gasteiger partial charge in [-0.2, -0.15) is 13.2 Å². The van der Waals surface area contributed by atoms with Crippen LogP contribution in [-0.4, -0.2) is 36.5 Å². The molecular weight excluding hydrogens is 395 g/mol. The summed E-state index contributed by atoms with van der Waals surface area (Å²) < 4.78 is 45.7. The lowest BCUT2D eigenvalue weighted by Gasteiger charge is -2.41. The quantitative estimate of drug-likeness (QED) is 0.506. The van der Waals surface area contributed by atoms with E-state index in [1.807, 2.05) is 6.08 Å². The minimum atomic E-state index is -4.49. The van der Waals surface area contributed by atoms with Gasteiger partial charge in [0.2, 0.25) is 5.91 Å². The van der Waals surface area contributed by atoms with Gasteiger partial charge in [-0.15, -0.1) is 0 Å². The second-order valence-electron chi connectivity index (χ2n) is 8.14. The fourth-order valence-electron chi connectivity index (χ4n) is 4.48. The van der Waals surface area contributed by atoms with Crippen LogP contribution in [0.1, 0.15) is 50.2 Å². The predicted octanol–water partition coefficient (Wildman–Crippen LogP) is 4.78. The second kappa shape index (κ2) is 9.23. The highest BCUT2D eigenvalue weighted by atomic mass is 19.4. The lowest BCUT2D eigenvalue weighted by molar-refractivity contribution is -0.161. The van der Waals surface area contributed by atoms with E-state index in [0.717, 1.165) is 25.3 Å². The van der Waals surface area contributed by atoms with E-state index in [2.05, 4.69) is 6.08 Å². The van der Waals surface area contributed by atoms with Gasteiger partial charge >= 0.3 is 12.1 Å². The first kappa shape index (κ1) is 22.4. The minimum Gasteiger partial charge on any atom is -0.466 e. The molecule has 1 fully saturated rings. The number of nitrogens with zero attached hydrogens (tertiary/aromatic N) is 1. The van der Waals surface area contributed by atoms with Gasteiger partial charge in [-0.25, -0.2) is 0 Å². The number of ether oxygens (including phenoxy) is 1. The number of likely N-dealkylation sites (tertiary alicyclic amines) is 1. The molecule has 0 spiro atoms. The third kappa shape index (κ3) is 4.87. The van der Waals surface area contributed by atoms with Crippen molar-refractivity contribution in [3.8, 4) is 0 Å². The van der Waals surface area contributed by atoms with Gasteiger partial charge in [0.1, 0.15) is 0 Å². The van der Waals surface area contributed by atoms with Crippen LogP contribution in [0.25, 0.3) is 0 Å². The molecule has 1 aromatic rings. The molecule has 1 heterocycles. The molecule has 1 unspecified atom stereocenters. The monoisotopic (exact) mass is 423 g/mol. The maximum atomic E-state index is 13.5. The average Bonchev–Trinajstić information content (AvgIpc) is 2.74. The van der Waals surface area contributed by atoms with Crippen molar-refractivity contribution < 1.29 is 27.5 Å². The van der Waals surface area contributed by atoms with Crippen LogP contribution in [0.5, 0.6) is 0 Å². The Kier molecular flexibility index (Phi) is 6.88. The van der Waals surface area contributed by atoms with E-state index in [4.69, 9.17) is 4.74 Å². The number of amides is 1. The molecule has 1 aromatic carbocycles. The third-order valence-corrected chi connectivity index (χ3v) is 6.21. The Morgan fingerprint density at radius 1 is 1.17 bits per heavy atom. The standard InChI is InChI=1S/C23H28F3NO3/c1-2-30-21(29)22(16-18-10-6-7-11-19(18)23(24,25)26)12-14-27(15-13-22)20(28)17-8-4-3-5-9-17/h3-4,6-7,10-11,17H,2,5,8-9,12-16H2,1H3. The zero-order valence-electron chi connectivity index (χ0n) is 17.2. The molecule has 1 aliphatic heterocycles. The smallest absolute Gasteiger partial charge is 0.416 e. The number of esters is 1. The highest BCUT2D eigenvalue weighted by Gasteiger charge is 2.46. The number of hydrogen-bond donors (Lipinski definition) is 0. The van der Waals surface area contributed by atoms with Crippen molar-refractivity contribution in [3.63, 3.8) is 0 Å². The maximum Gasteiger partial charge on any atom is 0.416 e. The van der Waals surface area contributed by atoms with Crippen LogP contribution in [0, 0.1) is 11.3 Å². The number of hydrogen-bond acceptors (Lipinski definition) is 3. The number of allylic oxidation sites excluding steroid dienone is 2. The summed E-state index contributed by atoms with van der Waals surface area (Å²) in [7, 11) is 0. The van der Waals surface area contributed by atoms with Gasteiger partial charge in [-0.3, -0.25) is 9.59 Å². The van der Waals surface area contributed by atoms with Crippen molar-refractivity contribution in [2.45, 2.75) is 51.6 Å². The normalized spacial score (nSPS) is 21.3. The first-order valence-corrected chi connectivity index (χ1v) is 10.5. The fraction of sp³-hybridized carbons (Fsp3) is 0.565. The SMILES string of the molecule is CCOC(=O)C1(Cc2ccccc2C(F)(F)F)CCN(C(=O)C2CC=CCC2)CC1. The van der Waals surface area contributed by atoms with E-state index in [0.29, 0.717) is 25.9 Å². The van der Waals surface area contributed by atoms with Crippen molar-refractivity contribution in [2.75, 3.05) is 19.7 Å². The Morgan fingerprint density at radius 2 is 1.87 bits per heavy atom. The Morgan fingerprint density at radius 3 is 2.47 bits per heavy atom. The summed E-state index contributed by atoms with van der Waals surface area (Å²) >= 11 is 0. The summed E-state index contributed by atoms with van der Waals surface area (Å²) in [6, 6.07) is 5.38. The van der Waals surface area contributed by atoms with Crippen LogP contribution in [0.4, 0.5) is 13.2 Å². The van der Waals surface area contributed by atoms with Gasteiger partial charge in [0.25, 0.3) is 0 Å². The first-order chi connectivity index (χ1) is 14.3. The summed E-state index contributed by atoms with van der Waals surface area (Å²) in [6.45, 7) is 2.56. The van der Waals surface area contributed by atoms with E-state index >= 15 is 0 Å². The van der Waals surface area contributed by atoms with E-state index < -0.39 is 23.1 Å². The molecule has 1 saturated heterocycles. The molecule has 0 aromatic heterocycles. The van der Waals surface area contributed by atoms with Crippen LogP contribution < -0.4 is 0 Å². The summed E-state index contributed by atoms with van der Waals surface area (Å²) in [5.74, 6) is -0.446. The lowest BCUT2D eigenvalue weighted by atomic mass is 9.72. The zero-order chi connectivity index (χ0) is 21.8. The Hall–Kier alpha value is -2.31. The van der Waals surface area contributed by atoms with Gasteiger partial charge in [0.15, 0.2) is 0 Å². The summed E-state index contributed by atoms with van der Waals surface area (Å²) in [6.07, 6.45) is 2.57. The van der Waals surface area contributed by atoms with E-state index in [-0.39, 0.29) is 30.4 Å². The number of benzene rings is 1. The van der Waals surface area contributed by atoms with Gasteiger partial charge < -0.3 is 9.64 Å². The predicted molar refractivity (Wildman–Crippen MR) is 107 cm³/mol. The van der Waals surface area contributed by atoms with Gasteiger partial charge in [-0.05, 0) is 57.1 Å². The molecular formula is C23H28F3NO3. The van der Waals surface area contributed by atoms with Gasteiger partial charge in [0.05, 0.1) is 17.6 Å². The van der Waals surface area contributed by atoms with Crippen molar-refractivity contribution >= 4 is 11.9 Å². The van der Waals surface area contributed by atoms with E-state index in [1.165, 1.54) is 12.1 Å². The number of carbonyl (C=O) groups is 2. The number of alkyl halides is 3. The second-order valence-corrected chi connectivity index (χ2v) is 8.14. The molecule has 0 saturated carbocycles. The van der Waals surface area contributed by atoms with Crippen LogP contribution in [0.3, 0.4) is 0 Å². The molecule has 164 valence electrons. The third-order valence-electron chi connectivity index (χ3n) is 6.21. The molecule has 2 aliphatic rings. The van der Waals surface area contributed by atoms with Crippen molar-refractivity contribution in [2.24, 2.45) is 11.3 Å². The van der Waals surface area contributed by atoms with Crippen LogP contribution in [0.2, 0.25) is 0 Å². The molecule has 4 nitrogen and oxygen atoms in total. The van der Waals surface area contributed by atoms with Crippen molar-refractivity contribution in [1.82, 2.24) is 4.90 Å². The summed E-state index contributed by atoms with van der Waals surface area (Å²) in [5.41, 5.74) is -1.68. The maximum absolute atomic E-state index is 13.5. The molecule has 7 heteroatoms. The average molecular weight is 423 g/mol. The molecule has 0 bridgehead atoms. The van der Waals surface area contributed by atoms with E-state index in [1.54, 1.807) is 17.9 Å². The summed E-state index contributed by atoms with van der Waals surface area (Å²) in [4.78, 5) is 27.4. The molecule has 1 amide bonds. The number of piperidine rings is 1. The fourth-order valence-corrected chi connectivity index (χ4v) is 4.48. The molecule has 3 rings (SSSR count). The highest BCUT2D eigenvalue weighted by Crippen LogP contribution is 2.41. The first-order valence-electron chi connectivity index (χ1n) is 10.5. The topological polar surface area (TPSA) is 46.6 Å². The lowest BCUT2D eigenvalue weighted by Crippen LogP contribution is -2.49. The minimum absolute atomic E-state index is 0.0453. The molecule has 30 heavy (non-hydrogen) atoms. The van der Waals surface area contributed by atoms with Crippen molar-refractivity contribution in [1.29, 1.82) is 0 Å². The Labute approximate surface area is 175 Å². The van der Waals surface area contributed by atoms with Crippen molar-refractivity contribution in [3.05, 3.63) is 47.5 Å². The highest BCUT2D eigenvalue weighted by molar-refractivity contribution is 5.81. The number of halogens is 3. The number of carbonyl (C=O) groups excluding carboxylic acids is 2. The Balaban J connectivity index is 1.79. The zero-order valence-corrected chi connectivity index (χ0v) is 17.2. The van der Waals surface area contributed by atoms with Crippen LogP contribution in [0.15, 0.2) is 36.4 Å². The number of rotatable bonds is 5. The Bertz CT molecular complexity index is 795. The van der Waals surface area contributed by atoms with E-state index in [9.17, 15) is 22.8 Å². The van der Waals surface area contributed by atoms with Gasteiger partial charge in [-0.1, -0.05) is 30.4 Å². The molecule has 0 N–H and O–H groups in total. The molecule has 1 aliphatic carbocycles. The van der Waals surface area contributed by atoms with Crippen LogP contribution >= 0.6 is 0 Å². The van der Waals surface area contributed by atoms with Crippen LogP contribution in [-0.2, 0) is 26.9 Å².